The van der Waals surface area contributed by atoms with Gasteiger partial charge in [-0.25, -0.2) is 5.48 Å². The van der Waals surface area contributed by atoms with Crippen molar-refractivity contribution in [1.29, 1.82) is 0 Å². The fraction of sp³-hybridized carbons (Fsp3) is 1.00. The number of hydrogen-bond acceptors (Lipinski definition) is 4. The van der Waals surface area contributed by atoms with Crippen molar-refractivity contribution in [2.45, 2.75) is 6.92 Å². The summed E-state index contributed by atoms with van der Waals surface area (Å²) in [6, 6.07) is 0. The maximum atomic E-state index is 8.74. The molecular weight excluding hydrogens is 212 g/mol. The van der Waals surface area contributed by atoms with Crippen molar-refractivity contribution in [2.24, 2.45) is 0 Å². The molecule has 0 saturated carbocycles. The van der Waals surface area contributed by atoms with E-state index in [-0.39, 0.29) is 0 Å². The Balaban J connectivity index is -0.000000101. The summed E-state index contributed by atoms with van der Waals surface area (Å²) in [4.78, 5) is 28.6. The molecule has 0 aliphatic heterocycles. The van der Waals surface area contributed by atoms with Gasteiger partial charge in [0.1, 0.15) is 0 Å². The van der Waals surface area contributed by atoms with Crippen LogP contribution < -0.4 is 5.48 Å². The van der Waals surface area contributed by atoms with Gasteiger partial charge in [-0.1, -0.05) is 6.92 Å². The molecule has 0 fully saturated rings. The molecule has 0 radical (unpaired) electrons. The van der Waals surface area contributed by atoms with Gasteiger partial charge in [0.2, 0.25) is 0 Å². The Morgan fingerprint density at radius 3 is 1.17 bits per heavy atom. The Bertz CT molecular complexity index is 96.0. The van der Waals surface area contributed by atoms with E-state index in [1.165, 1.54) is 0 Å². The summed E-state index contributed by atoms with van der Waals surface area (Å²) < 4.78 is 17.5. The van der Waals surface area contributed by atoms with Crippen LogP contribution in [0.5, 0.6) is 0 Å². The molecule has 0 aromatic carbocycles. The van der Waals surface area contributed by atoms with Crippen molar-refractivity contribution in [3.63, 3.8) is 0 Å². The highest BCUT2D eigenvalue weighted by Gasteiger charge is 1.62. The van der Waals surface area contributed by atoms with E-state index in [1.807, 2.05) is 12.4 Å². The molecule has 6 N–H and O–H groups in total. The molecule has 0 spiro atoms. The van der Waals surface area contributed by atoms with E-state index in [4.69, 9.17) is 33.9 Å². The first kappa shape index (κ1) is 18.1. The van der Waals surface area contributed by atoms with Gasteiger partial charge in [0, 0.05) is 6.54 Å². The van der Waals surface area contributed by atoms with Crippen LogP contribution in [0.15, 0.2) is 0 Å². The smallest absolute Gasteiger partial charge is 0.314 e. The van der Waals surface area contributed by atoms with E-state index >= 15 is 0 Å². The van der Waals surface area contributed by atoms with Gasteiger partial charge in [-0.3, -0.25) is 9.13 Å². The first-order valence-electron chi connectivity index (χ1n) is 2.59. The summed E-state index contributed by atoms with van der Waals surface area (Å²) in [5, 5.41) is 7.62. The van der Waals surface area contributed by atoms with Crippen LogP contribution >= 0.6 is 16.5 Å². The molecular formula is C2H13NO7P2. The molecule has 10 heteroatoms. The average Bonchev–Trinajstić information content (AvgIpc) is 1.85. The summed E-state index contributed by atoms with van der Waals surface area (Å²) in [6.45, 7) is 2.44. The number of hydrogen-bond donors (Lipinski definition) is 6. The Hall–Kier alpha value is 0.220. The SMILES string of the molecule is CCNO.O=[PH](O)O.O=[PH](O)O. The van der Waals surface area contributed by atoms with Gasteiger partial charge in [-0.05, 0) is 0 Å². The largest absolute Gasteiger partial charge is 0.326 e. The second-order valence-corrected chi connectivity index (χ2v) is 2.21. The second kappa shape index (κ2) is 17.3. The van der Waals surface area contributed by atoms with Gasteiger partial charge >= 0.3 is 16.5 Å². The van der Waals surface area contributed by atoms with Crippen molar-refractivity contribution in [2.75, 3.05) is 6.54 Å². The summed E-state index contributed by atoms with van der Waals surface area (Å²) in [6.07, 6.45) is 0. The van der Waals surface area contributed by atoms with Crippen LogP contribution in [-0.2, 0) is 9.13 Å². The van der Waals surface area contributed by atoms with Crippen LogP contribution in [0.3, 0.4) is 0 Å². The third-order valence-electron chi connectivity index (χ3n) is 0.158. The topological polar surface area (TPSA) is 147 Å². The van der Waals surface area contributed by atoms with Gasteiger partial charge in [-0.15, -0.1) is 0 Å². The highest BCUT2D eigenvalue weighted by Crippen LogP contribution is 1.98. The van der Waals surface area contributed by atoms with Gasteiger partial charge in [0.15, 0.2) is 0 Å². The van der Waals surface area contributed by atoms with Gasteiger partial charge < -0.3 is 24.8 Å². The molecule has 0 aromatic rings. The van der Waals surface area contributed by atoms with Crippen LogP contribution in [0, 0.1) is 0 Å². The Labute approximate surface area is 70.3 Å². The standard InChI is InChI=1S/C2H7NO.2H3O3P/c1-2-3-4;2*1-4(2)3/h3-4H,2H2,1H3;2*4H,(H2,1,2,3). The predicted octanol–water partition coefficient (Wildman–Crippen LogP) is -1.29. The molecule has 12 heavy (non-hydrogen) atoms. The van der Waals surface area contributed by atoms with E-state index in [0.717, 1.165) is 0 Å². The molecule has 0 saturated heterocycles. The fourth-order valence-corrected chi connectivity index (χ4v) is 0. The highest BCUT2D eigenvalue weighted by atomic mass is 31.1. The number of nitrogens with one attached hydrogen (secondary N) is 1. The zero-order chi connectivity index (χ0) is 10.6. The van der Waals surface area contributed by atoms with Crippen molar-refractivity contribution in [1.82, 2.24) is 5.48 Å². The minimum atomic E-state index is -3.13. The molecule has 0 bridgehead atoms. The molecule has 0 rings (SSSR count). The molecule has 0 aromatic heterocycles. The van der Waals surface area contributed by atoms with Crippen molar-refractivity contribution in [3.05, 3.63) is 0 Å². The van der Waals surface area contributed by atoms with E-state index in [9.17, 15) is 0 Å². The fourth-order valence-electron chi connectivity index (χ4n) is 0. The lowest BCUT2D eigenvalue weighted by Gasteiger charge is -1.75. The molecule has 78 valence electrons. The monoisotopic (exact) mass is 225 g/mol. The van der Waals surface area contributed by atoms with Crippen molar-refractivity contribution in [3.8, 4) is 0 Å². The first-order valence-corrected chi connectivity index (χ1v) is 5.19. The van der Waals surface area contributed by atoms with Crippen LogP contribution in [0.4, 0.5) is 0 Å². The van der Waals surface area contributed by atoms with Crippen LogP contribution in [-0.4, -0.2) is 31.3 Å². The number of hydroxylamine groups is 1. The van der Waals surface area contributed by atoms with E-state index < -0.39 is 16.5 Å². The zero-order valence-electron chi connectivity index (χ0n) is 6.26. The minimum Gasteiger partial charge on any atom is -0.326 e. The van der Waals surface area contributed by atoms with Crippen molar-refractivity contribution >= 4 is 16.5 Å². The van der Waals surface area contributed by atoms with Crippen LogP contribution in [0.25, 0.3) is 0 Å². The molecule has 0 aliphatic carbocycles. The van der Waals surface area contributed by atoms with Gasteiger partial charge in [0.05, 0.1) is 0 Å². The van der Waals surface area contributed by atoms with Crippen molar-refractivity contribution < 1.29 is 33.9 Å². The zero-order valence-corrected chi connectivity index (χ0v) is 8.26. The average molecular weight is 225 g/mol. The van der Waals surface area contributed by atoms with Crippen LogP contribution in [0.1, 0.15) is 6.92 Å². The second-order valence-electron chi connectivity index (χ2n) is 1.08. The third-order valence-corrected chi connectivity index (χ3v) is 0.158. The molecule has 8 nitrogen and oxygen atoms in total. The quantitative estimate of drug-likeness (QED) is 0.238. The molecule has 0 amide bonds. The molecule has 0 heterocycles. The molecule has 0 atom stereocenters. The Morgan fingerprint density at radius 1 is 1.08 bits per heavy atom. The lowest BCUT2D eigenvalue weighted by Crippen LogP contribution is -2.02. The summed E-state index contributed by atoms with van der Waals surface area (Å²) in [7, 11) is -6.26. The van der Waals surface area contributed by atoms with Gasteiger partial charge in [0.25, 0.3) is 0 Å². The van der Waals surface area contributed by atoms with E-state index in [0.29, 0.717) is 6.54 Å². The van der Waals surface area contributed by atoms with E-state index in [1.54, 1.807) is 0 Å². The third kappa shape index (κ3) is 584. The molecule has 0 unspecified atom stereocenters. The summed E-state index contributed by atoms with van der Waals surface area (Å²) >= 11 is 0. The summed E-state index contributed by atoms with van der Waals surface area (Å²) in [5.41, 5.74) is 1.93. The Kier molecular flexibility index (Phi) is 26.2. The Morgan fingerprint density at radius 2 is 1.17 bits per heavy atom. The minimum absolute atomic E-state index is 0.625. The van der Waals surface area contributed by atoms with E-state index in [2.05, 4.69) is 0 Å². The number of rotatable bonds is 1. The van der Waals surface area contributed by atoms with Gasteiger partial charge in [-0.2, -0.15) is 0 Å². The van der Waals surface area contributed by atoms with Crippen LogP contribution in [0.2, 0.25) is 0 Å². The molecule has 0 aliphatic rings. The predicted molar refractivity (Wildman–Crippen MR) is 42.3 cm³/mol. The lowest BCUT2D eigenvalue weighted by atomic mass is 10.8. The maximum Gasteiger partial charge on any atom is 0.314 e. The highest BCUT2D eigenvalue weighted by molar-refractivity contribution is 7.31. The first-order chi connectivity index (χ1) is 5.38. The normalized spacial score (nSPS) is 8.33. The summed E-state index contributed by atoms with van der Waals surface area (Å²) in [5.74, 6) is 0. The maximum absolute atomic E-state index is 8.74. The lowest BCUT2D eigenvalue weighted by molar-refractivity contribution is 0.173.